The fraction of sp³-hybridized carbons (Fsp3) is 0.473. The number of rotatable bonds is 34. The predicted octanol–water partition coefficient (Wildman–Crippen LogP) is -6.41. The van der Waals surface area contributed by atoms with Gasteiger partial charge in [-0.3, -0.25) is 37.7 Å². The maximum absolute atomic E-state index is 12.6. The van der Waals surface area contributed by atoms with Gasteiger partial charge in [0.1, 0.15) is 0 Å². The Bertz CT molecular complexity index is 4010. The third-order valence-electron chi connectivity index (χ3n) is 17.5. The zero-order chi connectivity index (χ0) is 80.8. The van der Waals surface area contributed by atoms with Crippen LogP contribution in [0.25, 0.3) is 0 Å². The van der Waals surface area contributed by atoms with Crippen molar-refractivity contribution in [1.82, 2.24) is 10.6 Å². The Morgan fingerprint density at radius 3 is 1.51 bits per heavy atom. The first-order chi connectivity index (χ1) is 50.3. The summed E-state index contributed by atoms with van der Waals surface area (Å²) in [5.41, 5.74) is 10.1. The van der Waals surface area contributed by atoms with Gasteiger partial charge in [-0.2, -0.15) is 46.6 Å². The van der Waals surface area contributed by atoms with Crippen molar-refractivity contribution in [3.05, 3.63) is 167 Å². The van der Waals surface area contributed by atoms with Crippen LogP contribution in [0, 0.1) is 66.6 Å². The van der Waals surface area contributed by atoms with E-state index in [1.54, 1.807) is 25.1 Å². The number of hydrogen-bond donors (Lipinski definition) is 6. The zero-order valence-electron chi connectivity index (χ0n) is 64.7. The van der Waals surface area contributed by atoms with E-state index < -0.39 is 126 Å². The van der Waals surface area contributed by atoms with Crippen molar-refractivity contribution in [3.63, 3.8) is 0 Å². The molecule has 4 aromatic rings. The van der Waals surface area contributed by atoms with E-state index in [1.807, 2.05) is 125 Å². The number of carboxylic acid groups (broad SMARTS) is 3. The van der Waals surface area contributed by atoms with Gasteiger partial charge in [0.15, 0.2) is 19.7 Å². The smallest absolute Gasteiger partial charge is 0.726 e. The Morgan fingerprint density at radius 2 is 1.09 bits per heavy atom. The number of carboxylic acids is 3. The molecule has 3 aliphatic rings. The minimum atomic E-state index is -4.85. The summed E-state index contributed by atoms with van der Waals surface area (Å²) in [6.07, 6.45) is 7.17. The van der Waals surface area contributed by atoms with Crippen LogP contribution in [-0.2, 0) is 96.5 Å². The maximum Gasteiger partial charge on any atom is 1.00 e. The number of nitrogens with two attached hydrogens (primary N) is 1. The SMILES string of the molecule is CC(CC1C(=O)OC(=O)C1C(C(=O)O)C(C)C(=O)NCCS)c1ccccc1.CC(CC1C(=O)OC(=O)C1C)c1ccccc1.CC1=CC=C(S(=O)(=O)CCSCCNC(=O)C(C)C([CH-]C(CC(C)c2ccccc2)C(=O)[O-])C(=O)[O-])CC1.Cc1ccc(S(=O)(=O)CCOS(=O)(=O)[O-])cc1.NCCS.O=C=O.[Na+].[Na+].[Na+].[Na+]. The third-order valence-corrected chi connectivity index (χ3v) is 23.2. The van der Waals surface area contributed by atoms with E-state index >= 15 is 0 Å². The molecular formula is C74H95N3Na4O24S6. The summed E-state index contributed by atoms with van der Waals surface area (Å²) < 4.78 is 91.9. The number of thiol groups is 2. The Balaban J connectivity index is -0.00000141. The van der Waals surface area contributed by atoms with E-state index in [9.17, 15) is 88.3 Å². The molecule has 590 valence electrons. The van der Waals surface area contributed by atoms with E-state index in [0.717, 1.165) is 40.9 Å². The minimum Gasteiger partial charge on any atom is -0.726 e. The van der Waals surface area contributed by atoms with E-state index in [1.165, 1.54) is 43.3 Å². The summed E-state index contributed by atoms with van der Waals surface area (Å²) in [6, 6.07) is 34.7. The minimum absolute atomic E-state index is 0. The number of carbonyl (C=O) groups excluding carboxylic acids is 10. The summed E-state index contributed by atoms with van der Waals surface area (Å²) in [6.45, 7) is 14.7. The molecule has 12 atom stereocenters. The Hall–Kier alpha value is -3.85. The van der Waals surface area contributed by atoms with Crippen molar-refractivity contribution >= 4 is 127 Å². The van der Waals surface area contributed by atoms with Crippen molar-refractivity contribution in [3.8, 4) is 0 Å². The first-order valence-corrected chi connectivity index (χ1v) is 41.1. The number of amides is 2. The van der Waals surface area contributed by atoms with Gasteiger partial charge in [0.25, 0.3) is 0 Å². The van der Waals surface area contributed by atoms with Crippen LogP contribution in [0.4, 0.5) is 0 Å². The van der Waals surface area contributed by atoms with Crippen molar-refractivity contribution in [2.24, 2.45) is 59.0 Å². The van der Waals surface area contributed by atoms with Crippen LogP contribution < -0.4 is 145 Å². The van der Waals surface area contributed by atoms with Crippen LogP contribution in [0.1, 0.15) is 121 Å². The number of benzene rings is 4. The zero-order valence-corrected chi connectivity index (χ0v) is 77.7. The van der Waals surface area contributed by atoms with Crippen LogP contribution in [0.3, 0.4) is 0 Å². The molecule has 1 aliphatic carbocycles. The molecule has 7 rings (SSSR count). The quantitative estimate of drug-likeness (QED) is 0.00370. The van der Waals surface area contributed by atoms with Gasteiger partial charge in [-0.1, -0.05) is 168 Å². The first-order valence-electron chi connectivity index (χ1n) is 34.0. The molecule has 2 saturated heterocycles. The van der Waals surface area contributed by atoms with Crippen molar-refractivity contribution < 1.29 is 230 Å². The van der Waals surface area contributed by atoms with Gasteiger partial charge in [0.05, 0.1) is 52.6 Å². The molecular weight excluding hydrogens is 1600 g/mol. The van der Waals surface area contributed by atoms with Crippen LogP contribution in [-0.4, -0.2) is 155 Å². The molecule has 5 N–H and O–H groups in total. The van der Waals surface area contributed by atoms with Gasteiger partial charge in [0, 0.05) is 71.3 Å². The predicted molar refractivity (Wildman–Crippen MR) is 400 cm³/mol. The molecule has 0 aromatic heterocycles. The van der Waals surface area contributed by atoms with Crippen LogP contribution >= 0.6 is 37.0 Å². The summed E-state index contributed by atoms with van der Waals surface area (Å²) in [4.78, 5) is 125. The topological polar surface area (TPSA) is 457 Å². The molecule has 4 aromatic carbocycles. The largest absolute Gasteiger partial charge is 1.00 e. The number of esters is 4. The number of nitrogens with one attached hydrogen (secondary N) is 2. The van der Waals surface area contributed by atoms with Crippen molar-refractivity contribution in [1.29, 1.82) is 0 Å². The number of thioether (sulfide) groups is 1. The van der Waals surface area contributed by atoms with Gasteiger partial charge in [0.2, 0.25) is 22.2 Å². The second kappa shape index (κ2) is 58.1. The van der Waals surface area contributed by atoms with Gasteiger partial charge in [-0.05, 0) is 92.2 Å². The van der Waals surface area contributed by atoms with Gasteiger partial charge in [-0.25, -0.2) is 25.3 Å². The molecule has 2 aliphatic heterocycles. The summed E-state index contributed by atoms with van der Waals surface area (Å²) in [5, 5.41) is 38.5. The Kier molecular flexibility index (Phi) is 58.2. The first kappa shape index (κ1) is 111. The number of aliphatic carboxylic acids is 3. The monoisotopic (exact) mass is 1690 g/mol. The Labute approximate surface area is 755 Å². The van der Waals surface area contributed by atoms with Gasteiger partial charge in [-0.15, -0.1) is 11.8 Å². The van der Waals surface area contributed by atoms with Crippen LogP contribution in [0.15, 0.2) is 143 Å². The standard InChI is InChI=1S/C28H38NO7S2.C20H25NO6S.C14H16O3.C9H12O6S2.C2H7NS.CO2.4Na/c1-19-9-11-24(12-10-19)38(35,36)16-15-37-14-13-29-26(30)21(3)25(28(33)34)18-23(27(31)32)17-20(2)22-7-5-4-6-8-22;1-11(13-6-4-3-5-7-13)10-14-16(20(26)27-19(14)25)15(18(23)24)12(2)17(22)21-8-9-28;1-9(11-6-4-3-5-7-11)8-12-10(2)13(15)17-14(12)16;1-8-2-4-9(5-3-8)16(10,11)7-6-15-17(12,13)14;3-1-2-4;2-1-3;;;;/h4-9,11,18,20-21,23,25H,10,12-17H2,1-3H3,(H,29,30)(H,31,32)(H,33,34);3-7,11-12,14-16,28H,8-10H2,1-2H3,(H,21,22)(H,23,24);3-7,9-10,12H,8H2,1-2H3;2-5H,6-7H2,1H3,(H,12,13,14);4H,1-3H2;;;;;/q-1;;;;;;4*+1/p-3. The molecule has 2 amide bonds. The fourth-order valence-electron chi connectivity index (χ4n) is 11.2. The second-order valence-electron chi connectivity index (χ2n) is 25.4. The molecule has 0 bridgehead atoms. The van der Waals surface area contributed by atoms with Crippen molar-refractivity contribution in [2.45, 2.75) is 110 Å². The normalized spacial score (nSPS) is 17.6. The van der Waals surface area contributed by atoms with Crippen LogP contribution in [0.5, 0.6) is 0 Å². The Morgan fingerprint density at radius 1 is 0.631 bits per heavy atom. The average molecular weight is 1690 g/mol. The number of cyclic esters (lactones) is 4. The van der Waals surface area contributed by atoms with Gasteiger partial charge >= 0.3 is 154 Å². The number of hydrogen-bond acceptors (Lipinski definition) is 27. The second-order valence-corrected chi connectivity index (χ2v) is 32.8. The number of aryl methyl sites for hydroxylation is 1. The van der Waals surface area contributed by atoms with Crippen molar-refractivity contribution in [2.75, 3.05) is 60.8 Å². The molecule has 0 saturated carbocycles. The molecule has 111 heavy (non-hydrogen) atoms. The summed E-state index contributed by atoms with van der Waals surface area (Å²) in [5.74, 6) is -14.9. The summed E-state index contributed by atoms with van der Waals surface area (Å²) >= 11 is 9.18. The molecule has 27 nitrogen and oxygen atoms in total. The maximum atomic E-state index is 12.6. The molecule has 12 unspecified atom stereocenters. The molecule has 0 spiro atoms. The third kappa shape index (κ3) is 41.2. The molecule has 37 heteroatoms. The van der Waals surface area contributed by atoms with E-state index in [0.29, 0.717) is 41.6 Å². The van der Waals surface area contributed by atoms with Gasteiger partial charge < -0.3 is 61.7 Å². The van der Waals surface area contributed by atoms with E-state index in [4.69, 9.17) is 20.1 Å². The van der Waals surface area contributed by atoms with E-state index in [-0.39, 0.29) is 202 Å². The molecule has 0 radical (unpaired) electrons. The molecule has 2 fully saturated rings. The summed E-state index contributed by atoms with van der Waals surface area (Å²) in [7, 11) is -11.8. The van der Waals surface area contributed by atoms with Crippen LogP contribution in [0.2, 0.25) is 0 Å². The number of allylic oxidation sites excluding steroid dienone is 4. The fourth-order valence-corrected chi connectivity index (χ4v) is 15.6. The number of sulfone groups is 2. The molecule has 2 heterocycles. The number of ether oxygens (including phenoxy) is 2. The van der Waals surface area contributed by atoms with E-state index in [2.05, 4.69) is 51.7 Å². The average Bonchev–Trinajstić information content (AvgIpc) is 1.65. The number of carbonyl (C=O) groups is 9.